The highest BCUT2D eigenvalue weighted by Gasteiger charge is 2.09. The molecule has 4 nitrogen and oxygen atoms in total. The van der Waals surface area contributed by atoms with Crippen LogP contribution in [0.1, 0.15) is 15.2 Å². The Morgan fingerprint density at radius 1 is 1.32 bits per heavy atom. The van der Waals surface area contributed by atoms with Crippen molar-refractivity contribution in [2.24, 2.45) is 5.10 Å². The highest BCUT2D eigenvalue weighted by molar-refractivity contribution is 7.12. The van der Waals surface area contributed by atoms with Crippen LogP contribution < -0.4 is 5.43 Å². The summed E-state index contributed by atoms with van der Waals surface area (Å²) >= 11 is 7.27. The van der Waals surface area contributed by atoms with E-state index in [9.17, 15) is 4.79 Å². The highest BCUT2D eigenvalue weighted by Crippen LogP contribution is 2.15. The highest BCUT2D eigenvalue weighted by atomic mass is 35.5. The van der Waals surface area contributed by atoms with E-state index in [-0.39, 0.29) is 11.6 Å². The monoisotopic (exact) mass is 289 g/mol. The molecule has 0 saturated carbocycles. The fourth-order valence-corrected chi connectivity index (χ4v) is 2.21. The zero-order valence-corrected chi connectivity index (χ0v) is 11.2. The first-order valence-corrected chi connectivity index (χ1v) is 6.54. The van der Waals surface area contributed by atoms with Crippen LogP contribution in [0.25, 0.3) is 0 Å². The lowest BCUT2D eigenvalue weighted by atomic mass is 10.1. The van der Waals surface area contributed by atoms with Crippen LogP contribution in [0.3, 0.4) is 0 Å². The number of rotatable bonds is 3. The molecule has 19 heavy (non-hydrogen) atoms. The maximum Gasteiger partial charge on any atom is 0.281 e. The van der Waals surface area contributed by atoms with Gasteiger partial charge < -0.3 is 0 Å². The second kappa shape index (κ2) is 6.14. The number of carbonyl (C=O) groups is 1. The minimum absolute atomic E-state index is 0.0653. The zero-order valence-electron chi connectivity index (χ0n) is 9.63. The molecule has 0 unspecified atom stereocenters. The van der Waals surface area contributed by atoms with Crippen molar-refractivity contribution < 1.29 is 4.79 Å². The van der Waals surface area contributed by atoms with E-state index in [1.807, 2.05) is 6.07 Å². The predicted molar refractivity (Wildman–Crippen MR) is 75.4 cm³/mol. The molecule has 0 fully saturated rings. The van der Waals surface area contributed by atoms with Crippen molar-refractivity contribution in [2.45, 2.75) is 0 Å². The van der Waals surface area contributed by atoms with Crippen molar-refractivity contribution in [1.29, 1.82) is 5.26 Å². The fraction of sp³-hybridized carbons (Fsp3) is 0. The van der Waals surface area contributed by atoms with Gasteiger partial charge in [0.25, 0.3) is 5.91 Å². The number of nitrogens with one attached hydrogen (secondary N) is 1. The molecule has 0 bridgehead atoms. The zero-order chi connectivity index (χ0) is 13.7. The Morgan fingerprint density at radius 3 is 2.74 bits per heavy atom. The summed E-state index contributed by atoms with van der Waals surface area (Å²) in [5.74, 6) is -0.352. The lowest BCUT2D eigenvalue weighted by molar-refractivity contribution is 0.0959. The van der Waals surface area contributed by atoms with Gasteiger partial charge in [0.2, 0.25) is 0 Å². The van der Waals surface area contributed by atoms with E-state index in [0.29, 0.717) is 15.5 Å². The molecule has 1 heterocycles. The molecule has 1 aromatic carbocycles. The third-order valence-electron chi connectivity index (χ3n) is 2.25. The molecule has 0 aliphatic carbocycles. The Labute approximate surface area is 118 Å². The van der Waals surface area contributed by atoms with Gasteiger partial charge in [-0.25, -0.2) is 5.43 Å². The number of nitrogens with zero attached hydrogens (tertiary/aromatic N) is 2. The first kappa shape index (κ1) is 13.3. The number of nitriles is 1. The van der Waals surface area contributed by atoms with Crippen LogP contribution in [-0.4, -0.2) is 11.6 Å². The second-order valence-electron chi connectivity index (χ2n) is 3.47. The van der Waals surface area contributed by atoms with Gasteiger partial charge in [-0.1, -0.05) is 35.9 Å². The number of benzene rings is 1. The molecular weight excluding hydrogens is 282 g/mol. The summed E-state index contributed by atoms with van der Waals surface area (Å²) in [5, 5.41) is 15.1. The van der Waals surface area contributed by atoms with Crippen LogP contribution in [0.2, 0.25) is 5.02 Å². The molecule has 0 radical (unpaired) electrons. The van der Waals surface area contributed by atoms with Gasteiger partial charge in [0.15, 0.2) is 5.71 Å². The summed E-state index contributed by atoms with van der Waals surface area (Å²) in [4.78, 5) is 12.2. The van der Waals surface area contributed by atoms with Crippen molar-refractivity contribution in [2.75, 3.05) is 0 Å². The molecule has 2 rings (SSSR count). The van der Waals surface area contributed by atoms with Gasteiger partial charge in [-0.05, 0) is 17.5 Å². The maximum atomic E-state index is 11.7. The Kier molecular flexibility index (Phi) is 4.29. The number of thiophene rings is 1. The molecule has 1 amide bonds. The van der Waals surface area contributed by atoms with Crippen LogP contribution in [-0.2, 0) is 0 Å². The minimum Gasteiger partial charge on any atom is -0.266 e. The Hall–Kier alpha value is -2.16. The Balaban J connectivity index is 2.20. The van der Waals surface area contributed by atoms with Gasteiger partial charge in [0, 0.05) is 5.56 Å². The SMILES string of the molecule is N#CC(=NNC(=O)c1cccs1)c1ccccc1Cl. The molecule has 6 heteroatoms. The number of hydrogen-bond donors (Lipinski definition) is 1. The number of carbonyl (C=O) groups excluding carboxylic acids is 1. The number of amides is 1. The molecule has 1 N–H and O–H groups in total. The van der Waals surface area contributed by atoms with E-state index in [1.54, 1.807) is 41.8 Å². The normalized spacial score (nSPS) is 10.8. The molecule has 0 spiro atoms. The van der Waals surface area contributed by atoms with Crippen LogP contribution in [0.4, 0.5) is 0 Å². The van der Waals surface area contributed by atoms with Crippen LogP contribution in [0.15, 0.2) is 46.9 Å². The fourth-order valence-electron chi connectivity index (χ4n) is 1.37. The van der Waals surface area contributed by atoms with Crippen molar-refractivity contribution in [3.05, 3.63) is 57.2 Å². The summed E-state index contributed by atoms with van der Waals surface area (Å²) < 4.78 is 0. The van der Waals surface area contributed by atoms with Gasteiger partial charge in [-0.2, -0.15) is 10.4 Å². The molecule has 94 valence electrons. The van der Waals surface area contributed by atoms with Gasteiger partial charge in [0.05, 0.1) is 9.90 Å². The van der Waals surface area contributed by atoms with E-state index in [0.717, 1.165) is 0 Å². The van der Waals surface area contributed by atoms with E-state index < -0.39 is 0 Å². The summed E-state index contributed by atoms with van der Waals surface area (Å²) in [6.07, 6.45) is 0. The van der Waals surface area contributed by atoms with E-state index in [1.165, 1.54) is 11.3 Å². The molecular formula is C13H8ClN3OS. The third-order valence-corrected chi connectivity index (χ3v) is 3.45. The average Bonchev–Trinajstić information content (AvgIpc) is 2.95. The maximum absolute atomic E-state index is 11.7. The van der Waals surface area contributed by atoms with Gasteiger partial charge in [-0.15, -0.1) is 11.3 Å². The molecule has 0 aliphatic heterocycles. The lowest BCUT2D eigenvalue weighted by Crippen LogP contribution is -2.18. The molecule has 0 aliphatic rings. The van der Waals surface area contributed by atoms with Crippen molar-refractivity contribution in [1.82, 2.24) is 5.43 Å². The summed E-state index contributed by atoms with van der Waals surface area (Å²) in [6, 6.07) is 12.2. The van der Waals surface area contributed by atoms with Crippen LogP contribution in [0, 0.1) is 11.3 Å². The van der Waals surface area contributed by atoms with Crippen molar-refractivity contribution in [3.8, 4) is 6.07 Å². The van der Waals surface area contributed by atoms with Gasteiger partial charge >= 0.3 is 0 Å². The lowest BCUT2D eigenvalue weighted by Gasteiger charge is -2.01. The standard InChI is InChI=1S/C13H8ClN3OS/c14-10-5-2-1-4-9(10)11(8-15)16-17-13(18)12-6-3-7-19-12/h1-7H,(H,17,18). The van der Waals surface area contributed by atoms with Crippen molar-refractivity contribution in [3.63, 3.8) is 0 Å². The number of halogens is 1. The molecule has 2 aromatic rings. The molecule has 0 saturated heterocycles. The first-order chi connectivity index (χ1) is 9.22. The largest absolute Gasteiger partial charge is 0.281 e. The number of hydrogen-bond acceptors (Lipinski definition) is 4. The Bertz CT molecular complexity index is 659. The van der Waals surface area contributed by atoms with Gasteiger partial charge in [-0.3, -0.25) is 4.79 Å². The Morgan fingerprint density at radius 2 is 2.11 bits per heavy atom. The smallest absolute Gasteiger partial charge is 0.266 e. The second-order valence-corrected chi connectivity index (χ2v) is 4.83. The third kappa shape index (κ3) is 3.19. The van der Waals surface area contributed by atoms with Gasteiger partial charge in [0.1, 0.15) is 6.07 Å². The average molecular weight is 290 g/mol. The summed E-state index contributed by atoms with van der Waals surface area (Å²) in [6.45, 7) is 0. The quantitative estimate of drug-likeness (QED) is 0.697. The summed E-state index contributed by atoms with van der Waals surface area (Å²) in [5.41, 5.74) is 2.89. The van der Waals surface area contributed by atoms with Crippen LogP contribution in [0.5, 0.6) is 0 Å². The first-order valence-electron chi connectivity index (χ1n) is 5.29. The minimum atomic E-state index is -0.352. The molecule has 0 atom stereocenters. The van der Waals surface area contributed by atoms with Crippen molar-refractivity contribution >= 4 is 34.6 Å². The van der Waals surface area contributed by atoms with E-state index >= 15 is 0 Å². The van der Waals surface area contributed by atoms with E-state index in [4.69, 9.17) is 16.9 Å². The summed E-state index contributed by atoms with van der Waals surface area (Å²) in [7, 11) is 0. The van der Waals surface area contributed by atoms with Crippen LogP contribution >= 0.6 is 22.9 Å². The number of hydrazone groups is 1. The topological polar surface area (TPSA) is 65.2 Å². The van der Waals surface area contributed by atoms with E-state index in [2.05, 4.69) is 10.5 Å². The molecule has 1 aromatic heterocycles. The predicted octanol–water partition coefficient (Wildman–Crippen LogP) is 3.06.